The van der Waals surface area contributed by atoms with E-state index in [0.29, 0.717) is 13.0 Å². The first-order valence-corrected chi connectivity index (χ1v) is 8.45. The maximum atomic E-state index is 8.95. The summed E-state index contributed by atoms with van der Waals surface area (Å²) in [6.07, 6.45) is 6.26. The average molecular weight is 304 g/mol. The lowest BCUT2D eigenvalue weighted by atomic mass is 9.95. The summed E-state index contributed by atoms with van der Waals surface area (Å²) in [6.45, 7) is 10.3. The summed E-state index contributed by atoms with van der Waals surface area (Å²) in [5, 5.41) is 17.8. The lowest BCUT2D eigenvalue weighted by molar-refractivity contribution is -0.0697. The molecule has 0 spiro atoms. The van der Waals surface area contributed by atoms with Crippen molar-refractivity contribution in [3.05, 3.63) is 0 Å². The van der Waals surface area contributed by atoms with E-state index in [1.165, 1.54) is 0 Å². The van der Waals surface area contributed by atoms with Crippen molar-refractivity contribution in [2.75, 3.05) is 26.4 Å². The van der Waals surface area contributed by atoms with Gasteiger partial charge >= 0.3 is 0 Å². The van der Waals surface area contributed by atoms with E-state index in [1.807, 2.05) is 0 Å². The van der Waals surface area contributed by atoms with Crippen molar-refractivity contribution in [1.29, 1.82) is 0 Å². The van der Waals surface area contributed by atoms with Gasteiger partial charge in [0.05, 0.1) is 11.2 Å². The molecular formula is C17H36O4. The number of hydrogen-bond donors (Lipinski definition) is 2. The van der Waals surface area contributed by atoms with Gasteiger partial charge in [0.1, 0.15) is 0 Å². The van der Waals surface area contributed by atoms with Crippen LogP contribution in [0.25, 0.3) is 0 Å². The summed E-state index contributed by atoms with van der Waals surface area (Å²) in [6, 6.07) is 0. The zero-order valence-electron chi connectivity index (χ0n) is 14.5. The predicted octanol–water partition coefficient (Wildman–Crippen LogP) is 3.29. The molecule has 4 heteroatoms. The van der Waals surface area contributed by atoms with Gasteiger partial charge in [0.15, 0.2) is 0 Å². The summed E-state index contributed by atoms with van der Waals surface area (Å²) in [5.74, 6) is 0. The van der Waals surface area contributed by atoms with Crippen molar-refractivity contribution < 1.29 is 19.7 Å². The molecule has 0 aromatic heterocycles. The van der Waals surface area contributed by atoms with E-state index in [9.17, 15) is 0 Å². The summed E-state index contributed by atoms with van der Waals surface area (Å²) >= 11 is 0. The second kappa shape index (κ2) is 11.4. The quantitative estimate of drug-likeness (QED) is 0.483. The number of aliphatic hydroxyl groups excluding tert-OH is 2. The van der Waals surface area contributed by atoms with E-state index in [1.54, 1.807) is 0 Å². The zero-order valence-corrected chi connectivity index (χ0v) is 14.5. The van der Waals surface area contributed by atoms with Crippen molar-refractivity contribution in [2.45, 2.75) is 83.8 Å². The molecule has 0 aliphatic carbocycles. The van der Waals surface area contributed by atoms with Crippen LogP contribution >= 0.6 is 0 Å². The molecule has 0 aromatic carbocycles. The topological polar surface area (TPSA) is 58.9 Å². The molecule has 2 unspecified atom stereocenters. The van der Waals surface area contributed by atoms with Gasteiger partial charge in [-0.15, -0.1) is 0 Å². The van der Waals surface area contributed by atoms with Gasteiger partial charge < -0.3 is 19.7 Å². The van der Waals surface area contributed by atoms with Crippen LogP contribution in [0.1, 0.15) is 72.6 Å². The second-order valence-corrected chi connectivity index (χ2v) is 6.31. The van der Waals surface area contributed by atoms with Crippen LogP contribution in [0.2, 0.25) is 0 Å². The summed E-state index contributed by atoms with van der Waals surface area (Å²) in [4.78, 5) is 0. The normalized spacial score (nSPS) is 17.4. The minimum atomic E-state index is -0.122. The monoisotopic (exact) mass is 304 g/mol. The Morgan fingerprint density at radius 2 is 1.14 bits per heavy atom. The van der Waals surface area contributed by atoms with Gasteiger partial charge in [-0.3, -0.25) is 0 Å². The fourth-order valence-corrected chi connectivity index (χ4v) is 2.30. The summed E-state index contributed by atoms with van der Waals surface area (Å²) in [7, 11) is 0. The number of hydrogen-bond acceptors (Lipinski definition) is 4. The Bertz CT molecular complexity index is 247. The molecule has 21 heavy (non-hydrogen) atoms. The minimum absolute atomic E-state index is 0.119. The van der Waals surface area contributed by atoms with Crippen LogP contribution in [-0.2, 0) is 9.47 Å². The fraction of sp³-hybridized carbons (Fsp3) is 1.00. The van der Waals surface area contributed by atoms with Crippen LogP contribution in [-0.4, -0.2) is 47.8 Å². The summed E-state index contributed by atoms with van der Waals surface area (Å²) in [5.41, 5.74) is -0.241. The van der Waals surface area contributed by atoms with Crippen LogP contribution in [0.4, 0.5) is 0 Å². The SMILES string of the molecule is CCC(C)(CCCO)OCCCC(C)(CC)OCCCO. The van der Waals surface area contributed by atoms with Gasteiger partial charge in [0.25, 0.3) is 0 Å². The fourth-order valence-electron chi connectivity index (χ4n) is 2.30. The van der Waals surface area contributed by atoms with Gasteiger partial charge in [0.2, 0.25) is 0 Å². The van der Waals surface area contributed by atoms with E-state index in [2.05, 4.69) is 27.7 Å². The Morgan fingerprint density at radius 3 is 1.57 bits per heavy atom. The van der Waals surface area contributed by atoms with Crippen molar-refractivity contribution >= 4 is 0 Å². The molecule has 0 heterocycles. The van der Waals surface area contributed by atoms with Gasteiger partial charge in [0, 0.05) is 26.4 Å². The first kappa shape index (κ1) is 20.8. The predicted molar refractivity (Wildman–Crippen MR) is 86.6 cm³/mol. The first-order valence-electron chi connectivity index (χ1n) is 8.45. The molecule has 0 fully saturated rings. The van der Waals surface area contributed by atoms with Gasteiger partial charge in [-0.25, -0.2) is 0 Å². The van der Waals surface area contributed by atoms with E-state index in [-0.39, 0.29) is 24.4 Å². The molecule has 128 valence electrons. The molecule has 0 aromatic rings. The third-order valence-electron chi connectivity index (χ3n) is 4.41. The number of rotatable bonds is 14. The Labute approximate surface area is 130 Å². The maximum Gasteiger partial charge on any atom is 0.0652 e. The highest BCUT2D eigenvalue weighted by atomic mass is 16.5. The van der Waals surface area contributed by atoms with E-state index in [0.717, 1.165) is 45.1 Å². The number of aliphatic hydroxyl groups is 2. The van der Waals surface area contributed by atoms with Gasteiger partial charge in [-0.2, -0.15) is 0 Å². The maximum absolute atomic E-state index is 8.95. The molecule has 0 radical (unpaired) electrons. The molecule has 2 atom stereocenters. The molecule has 0 saturated carbocycles. The average Bonchev–Trinajstić information content (AvgIpc) is 2.50. The largest absolute Gasteiger partial charge is 0.396 e. The number of ether oxygens (including phenoxy) is 2. The molecule has 0 saturated heterocycles. The highest BCUT2D eigenvalue weighted by Crippen LogP contribution is 2.25. The molecule has 4 nitrogen and oxygen atoms in total. The molecule has 2 N–H and O–H groups in total. The molecule has 0 rings (SSSR count). The third kappa shape index (κ3) is 9.46. The van der Waals surface area contributed by atoms with E-state index in [4.69, 9.17) is 19.7 Å². The van der Waals surface area contributed by atoms with Crippen LogP contribution in [0.3, 0.4) is 0 Å². The van der Waals surface area contributed by atoms with Crippen LogP contribution in [0.15, 0.2) is 0 Å². The van der Waals surface area contributed by atoms with Crippen molar-refractivity contribution in [3.63, 3.8) is 0 Å². The van der Waals surface area contributed by atoms with Crippen LogP contribution in [0, 0.1) is 0 Å². The summed E-state index contributed by atoms with van der Waals surface area (Å²) < 4.78 is 11.9. The lowest BCUT2D eigenvalue weighted by Gasteiger charge is -2.31. The van der Waals surface area contributed by atoms with E-state index >= 15 is 0 Å². The first-order chi connectivity index (χ1) is 9.95. The molecule has 0 aliphatic rings. The van der Waals surface area contributed by atoms with Gasteiger partial charge in [-0.1, -0.05) is 13.8 Å². The smallest absolute Gasteiger partial charge is 0.0652 e. The van der Waals surface area contributed by atoms with E-state index < -0.39 is 0 Å². The Morgan fingerprint density at radius 1 is 0.714 bits per heavy atom. The van der Waals surface area contributed by atoms with Crippen molar-refractivity contribution in [2.24, 2.45) is 0 Å². The minimum Gasteiger partial charge on any atom is -0.396 e. The molecule has 0 aliphatic heterocycles. The lowest BCUT2D eigenvalue weighted by Crippen LogP contribution is -2.31. The highest BCUT2D eigenvalue weighted by Gasteiger charge is 2.24. The molecule has 0 amide bonds. The highest BCUT2D eigenvalue weighted by molar-refractivity contribution is 4.75. The standard InChI is InChI=1S/C17H36O4/c1-5-16(3,10-7-12-18)20-14-8-11-17(4,6-2)21-15-9-13-19/h18-19H,5-15H2,1-4H3. The third-order valence-corrected chi connectivity index (χ3v) is 4.41. The van der Waals surface area contributed by atoms with Crippen molar-refractivity contribution in [3.8, 4) is 0 Å². The Hall–Kier alpha value is -0.160. The Balaban J connectivity index is 4.03. The second-order valence-electron chi connectivity index (χ2n) is 6.31. The Kier molecular flexibility index (Phi) is 11.3. The van der Waals surface area contributed by atoms with Gasteiger partial charge in [-0.05, 0) is 58.8 Å². The van der Waals surface area contributed by atoms with Crippen molar-refractivity contribution in [1.82, 2.24) is 0 Å². The molecule has 0 bridgehead atoms. The molecular weight excluding hydrogens is 268 g/mol. The van der Waals surface area contributed by atoms with Crippen LogP contribution < -0.4 is 0 Å². The van der Waals surface area contributed by atoms with Crippen LogP contribution in [0.5, 0.6) is 0 Å². The zero-order chi connectivity index (χ0) is 16.2.